The molecule has 70 valence electrons. The number of nitrogens with zero attached hydrogens (tertiary/aromatic N) is 1. The monoisotopic (exact) mass is 188 g/mol. The van der Waals surface area contributed by atoms with Gasteiger partial charge in [0.25, 0.3) is 0 Å². The molecule has 0 aromatic carbocycles. The van der Waals surface area contributed by atoms with Crippen LogP contribution in [0.4, 0.5) is 0 Å². The van der Waals surface area contributed by atoms with E-state index in [1.807, 2.05) is 4.90 Å². The van der Waals surface area contributed by atoms with Crippen LogP contribution in [-0.4, -0.2) is 48.5 Å². The summed E-state index contributed by atoms with van der Waals surface area (Å²) in [6, 6.07) is 0. The number of carbonyl (C=O) groups excluding carboxylic acids is 1. The largest absolute Gasteiger partial charge is 0.339 e. The number of piperazine rings is 1. The normalized spacial score (nSPS) is 17.9. The van der Waals surface area contributed by atoms with Gasteiger partial charge in [-0.3, -0.25) is 4.79 Å². The lowest BCUT2D eigenvalue weighted by molar-refractivity contribution is -0.128. The van der Waals surface area contributed by atoms with Gasteiger partial charge in [0.2, 0.25) is 5.91 Å². The van der Waals surface area contributed by atoms with Crippen molar-refractivity contribution in [2.24, 2.45) is 0 Å². The van der Waals surface area contributed by atoms with Crippen LogP contribution >= 0.6 is 11.8 Å². The zero-order chi connectivity index (χ0) is 8.81. The Hall–Kier alpha value is -0.220. The van der Waals surface area contributed by atoms with Gasteiger partial charge in [-0.05, 0) is 5.75 Å². The molecule has 0 bridgehead atoms. The van der Waals surface area contributed by atoms with Gasteiger partial charge < -0.3 is 10.2 Å². The number of amides is 1. The third kappa shape index (κ3) is 3.03. The molecule has 1 N–H and O–H groups in total. The van der Waals surface area contributed by atoms with E-state index in [1.165, 1.54) is 0 Å². The van der Waals surface area contributed by atoms with Crippen LogP contribution in [0.15, 0.2) is 0 Å². The fraction of sp³-hybridized carbons (Fsp3) is 0.875. The van der Waals surface area contributed by atoms with Crippen LogP contribution in [0.5, 0.6) is 0 Å². The Morgan fingerprint density at radius 2 is 2.17 bits per heavy atom. The second kappa shape index (κ2) is 5.43. The third-order valence-electron chi connectivity index (χ3n) is 1.90. The summed E-state index contributed by atoms with van der Waals surface area (Å²) in [6.07, 6.45) is 0. The molecule has 1 aliphatic heterocycles. The molecule has 1 aliphatic rings. The van der Waals surface area contributed by atoms with Gasteiger partial charge in [0.15, 0.2) is 0 Å². The van der Waals surface area contributed by atoms with Crippen LogP contribution in [0.1, 0.15) is 6.92 Å². The topological polar surface area (TPSA) is 32.3 Å². The van der Waals surface area contributed by atoms with Crippen LogP contribution < -0.4 is 5.32 Å². The second-order valence-electron chi connectivity index (χ2n) is 2.77. The first kappa shape index (κ1) is 9.86. The second-order valence-corrected chi connectivity index (χ2v) is 4.04. The van der Waals surface area contributed by atoms with Gasteiger partial charge >= 0.3 is 0 Å². The summed E-state index contributed by atoms with van der Waals surface area (Å²) in [7, 11) is 0. The first-order valence-corrected chi connectivity index (χ1v) is 5.56. The molecule has 0 radical (unpaired) electrons. The summed E-state index contributed by atoms with van der Waals surface area (Å²) >= 11 is 1.70. The van der Waals surface area contributed by atoms with Crippen LogP contribution in [-0.2, 0) is 4.79 Å². The molecule has 0 aromatic rings. The summed E-state index contributed by atoms with van der Waals surface area (Å²) in [6.45, 7) is 5.73. The van der Waals surface area contributed by atoms with Gasteiger partial charge in [0.05, 0.1) is 5.75 Å². The number of thioether (sulfide) groups is 1. The lowest BCUT2D eigenvalue weighted by Crippen LogP contribution is -2.47. The van der Waals surface area contributed by atoms with Crippen LogP contribution in [0, 0.1) is 0 Å². The number of rotatable bonds is 3. The minimum atomic E-state index is 0.295. The highest BCUT2D eigenvalue weighted by Gasteiger charge is 2.14. The van der Waals surface area contributed by atoms with E-state index in [-0.39, 0.29) is 0 Å². The Morgan fingerprint density at radius 1 is 1.50 bits per heavy atom. The molecular formula is C8H16N2OS. The van der Waals surface area contributed by atoms with Gasteiger partial charge in [-0.2, -0.15) is 11.8 Å². The highest BCUT2D eigenvalue weighted by atomic mass is 32.2. The number of hydrogen-bond acceptors (Lipinski definition) is 3. The van der Waals surface area contributed by atoms with E-state index >= 15 is 0 Å². The molecule has 1 rings (SSSR count). The van der Waals surface area contributed by atoms with Crippen molar-refractivity contribution in [1.82, 2.24) is 10.2 Å². The number of carbonyl (C=O) groups is 1. The van der Waals surface area contributed by atoms with Gasteiger partial charge in [-0.25, -0.2) is 0 Å². The molecule has 1 amide bonds. The molecule has 0 unspecified atom stereocenters. The summed E-state index contributed by atoms with van der Waals surface area (Å²) in [5.74, 6) is 1.97. The van der Waals surface area contributed by atoms with Gasteiger partial charge in [0, 0.05) is 26.2 Å². The fourth-order valence-electron chi connectivity index (χ4n) is 1.19. The van der Waals surface area contributed by atoms with Gasteiger partial charge in [-0.1, -0.05) is 6.92 Å². The van der Waals surface area contributed by atoms with E-state index in [0.29, 0.717) is 11.7 Å². The van der Waals surface area contributed by atoms with Crippen molar-refractivity contribution >= 4 is 17.7 Å². The van der Waals surface area contributed by atoms with E-state index in [2.05, 4.69) is 12.2 Å². The predicted molar refractivity (Wildman–Crippen MR) is 52.4 cm³/mol. The number of hydrogen-bond donors (Lipinski definition) is 1. The third-order valence-corrected chi connectivity index (χ3v) is 2.76. The molecule has 0 saturated carbocycles. The van der Waals surface area contributed by atoms with E-state index in [9.17, 15) is 4.79 Å². The minimum Gasteiger partial charge on any atom is -0.339 e. The molecule has 3 nitrogen and oxygen atoms in total. The minimum absolute atomic E-state index is 0.295. The lowest BCUT2D eigenvalue weighted by atomic mass is 10.3. The molecule has 1 saturated heterocycles. The fourth-order valence-corrected chi connectivity index (χ4v) is 1.76. The molecule has 12 heavy (non-hydrogen) atoms. The molecule has 0 spiro atoms. The van der Waals surface area contributed by atoms with Crippen molar-refractivity contribution in [1.29, 1.82) is 0 Å². The maximum absolute atomic E-state index is 11.4. The zero-order valence-electron chi connectivity index (χ0n) is 7.51. The Kier molecular flexibility index (Phi) is 4.46. The molecule has 1 fully saturated rings. The maximum Gasteiger partial charge on any atom is 0.232 e. The van der Waals surface area contributed by atoms with Crippen molar-refractivity contribution in [3.63, 3.8) is 0 Å². The van der Waals surface area contributed by atoms with Crippen LogP contribution in [0.2, 0.25) is 0 Å². The van der Waals surface area contributed by atoms with Crippen LogP contribution in [0.3, 0.4) is 0 Å². The quantitative estimate of drug-likeness (QED) is 0.685. The Bertz CT molecular complexity index is 146. The Morgan fingerprint density at radius 3 is 2.75 bits per heavy atom. The highest BCUT2D eigenvalue weighted by Crippen LogP contribution is 2.02. The van der Waals surface area contributed by atoms with Crippen molar-refractivity contribution in [2.45, 2.75) is 6.92 Å². The maximum atomic E-state index is 11.4. The smallest absolute Gasteiger partial charge is 0.232 e. The summed E-state index contributed by atoms with van der Waals surface area (Å²) < 4.78 is 0. The molecular weight excluding hydrogens is 172 g/mol. The van der Waals surface area contributed by atoms with Gasteiger partial charge in [-0.15, -0.1) is 0 Å². The SMILES string of the molecule is CCSCC(=O)N1CCNCC1. The molecule has 0 atom stereocenters. The number of nitrogens with one attached hydrogen (secondary N) is 1. The van der Waals surface area contributed by atoms with E-state index < -0.39 is 0 Å². The molecule has 0 aliphatic carbocycles. The summed E-state index contributed by atoms with van der Waals surface area (Å²) in [5, 5.41) is 3.22. The summed E-state index contributed by atoms with van der Waals surface area (Å²) in [5.41, 5.74) is 0. The Balaban J connectivity index is 2.20. The predicted octanol–water partition coefficient (Wildman–Crippen LogP) is 0.171. The lowest BCUT2D eigenvalue weighted by Gasteiger charge is -2.27. The standard InChI is InChI=1S/C8H16N2OS/c1-2-12-7-8(11)10-5-3-9-4-6-10/h9H,2-7H2,1H3. The summed E-state index contributed by atoms with van der Waals surface area (Å²) in [4.78, 5) is 13.4. The van der Waals surface area contributed by atoms with Gasteiger partial charge in [0.1, 0.15) is 0 Å². The first-order valence-electron chi connectivity index (χ1n) is 4.41. The molecule has 1 heterocycles. The molecule has 4 heteroatoms. The van der Waals surface area contributed by atoms with Crippen molar-refractivity contribution in [3.05, 3.63) is 0 Å². The van der Waals surface area contributed by atoms with Crippen molar-refractivity contribution in [2.75, 3.05) is 37.7 Å². The zero-order valence-corrected chi connectivity index (χ0v) is 8.32. The highest BCUT2D eigenvalue weighted by molar-refractivity contribution is 7.99. The average molecular weight is 188 g/mol. The van der Waals surface area contributed by atoms with Crippen molar-refractivity contribution in [3.8, 4) is 0 Å². The average Bonchev–Trinajstić information content (AvgIpc) is 2.15. The first-order chi connectivity index (χ1) is 5.84. The van der Waals surface area contributed by atoms with E-state index in [0.717, 1.165) is 31.9 Å². The molecule has 0 aromatic heterocycles. The van der Waals surface area contributed by atoms with E-state index in [1.54, 1.807) is 11.8 Å². The van der Waals surface area contributed by atoms with Crippen molar-refractivity contribution < 1.29 is 4.79 Å². The van der Waals surface area contributed by atoms with E-state index in [4.69, 9.17) is 0 Å². The van der Waals surface area contributed by atoms with Crippen LogP contribution in [0.25, 0.3) is 0 Å². The Labute approximate surface area is 77.9 Å².